The Morgan fingerprint density at radius 1 is 1.15 bits per heavy atom. The third kappa shape index (κ3) is 5.14. The summed E-state index contributed by atoms with van der Waals surface area (Å²) in [5.41, 5.74) is 0.313. The molecular formula is C21H21N5O7S. The van der Waals surface area contributed by atoms with E-state index in [0.717, 1.165) is 29.9 Å². The summed E-state index contributed by atoms with van der Waals surface area (Å²) in [4.78, 5) is 39.1. The molecule has 2 aromatic carbocycles. The topological polar surface area (TPSA) is 166 Å². The molecule has 0 atom stereocenters. The molecule has 0 aliphatic carbocycles. The number of nitro benzene ring substituents is 1. The molecule has 0 unspecified atom stereocenters. The second-order valence-corrected chi connectivity index (χ2v) is 9.36. The Labute approximate surface area is 193 Å². The van der Waals surface area contributed by atoms with Crippen LogP contribution in [0, 0.1) is 10.1 Å². The van der Waals surface area contributed by atoms with Crippen LogP contribution in [0.2, 0.25) is 0 Å². The average molecular weight is 487 g/mol. The number of rotatable bonds is 6. The van der Waals surface area contributed by atoms with E-state index in [1.54, 1.807) is 0 Å². The molecule has 2 N–H and O–H groups in total. The summed E-state index contributed by atoms with van der Waals surface area (Å²) in [7, 11) is -3.80. The predicted molar refractivity (Wildman–Crippen MR) is 123 cm³/mol. The Balaban J connectivity index is 1.44. The summed E-state index contributed by atoms with van der Waals surface area (Å²) in [5, 5.41) is 13.5. The molecule has 3 aromatic rings. The summed E-state index contributed by atoms with van der Waals surface area (Å²) < 4.78 is 33.8. The Morgan fingerprint density at radius 2 is 1.91 bits per heavy atom. The van der Waals surface area contributed by atoms with Crippen molar-refractivity contribution in [2.24, 2.45) is 4.99 Å². The first kappa shape index (κ1) is 23.2. The maximum atomic E-state index is 12.6. The Kier molecular flexibility index (Phi) is 6.45. The lowest BCUT2D eigenvalue weighted by Gasteiger charge is -2.11. The van der Waals surface area contributed by atoms with Crippen molar-refractivity contribution < 1.29 is 22.6 Å². The van der Waals surface area contributed by atoms with Crippen LogP contribution < -0.4 is 15.8 Å². The third-order valence-electron chi connectivity index (χ3n) is 5.24. The second kappa shape index (κ2) is 9.47. The molecule has 0 fully saturated rings. The molecule has 1 amide bonds. The number of hydrogen-bond acceptors (Lipinski definition) is 8. The normalized spacial score (nSPS) is 14.3. The number of carbonyl (C=O) groups excluding carboxylic acids is 1. The van der Waals surface area contributed by atoms with E-state index in [4.69, 9.17) is 4.42 Å². The Hall–Kier alpha value is -4.00. The zero-order valence-corrected chi connectivity index (χ0v) is 18.7. The number of oxazole rings is 1. The van der Waals surface area contributed by atoms with Crippen LogP contribution in [0.3, 0.4) is 0 Å². The fourth-order valence-electron chi connectivity index (χ4n) is 3.55. The first-order valence-electron chi connectivity index (χ1n) is 10.5. The molecule has 1 aliphatic heterocycles. The maximum absolute atomic E-state index is 12.6. The fraction of sp³-hybridized carbons (Fsp3) is 0.286. The molecule has 12 nitrogen and oxygen atoms in total. The molecule has 0 bridgehead atoms. The summed E-state index contributed by atoms with van der Waals surface area (Å²) in [6.07, 6.45) is 3.38. The minimum atomic E-state index is -3.80. The molecule has 0 radical (unpaired) electrons. The summed E-state index contributed by atoms with van der Waals surface area (Å²) in [5.74, 6) is -0.956. The standard InChI is InChI=1S/C21H21N5O7S/c27-20(13-25-17-10-7-15(26(29)30)12-18(17)33-21(25)28)23-14-5-8-16(9-6-14)34(31,32)24-19-4-2-1-3-11-22-19/h5-10,12H,1-4,11,13H2,(H,22,24)(H,23,27). The molecule has 13 heteroatoms. The highest BCUT2D eigenvalue weighted by atomic mass is 32.2. The highest BCUT2D eigenvalue weighted by molar-refractivity contribution is 7.90. The minimum absolute atomic E-state index is 0.00710. The minimum Gasteiger partial charge on any atom is -0.407 e. The van der Waals surface area contributed by atoms with Crippen molar-refractivity contribution in [3.8, 4) is 0 Å². The largest absolute Gasteiger partial charge is 0.420 e. The van der Waals surface area contributed by atoms with Crippen molar-refractivity contribution in [2.45, 2.75) is 37.1 Å². The van der Waals surface area contributed by atoms with Gasteiger partial charge < -0.3 is 9.73 Å². The van der Waals surface area contributed by atoms with Gasteiger partial charge in [-0.25, -0.2) is 13.2 Å². The lowest BCUT2D eigenvalue weighted by molar-refractivity contribution is -0.384. The quantitative estimate of drug-likeness (QED) is 0.398. The molecule has 0 saturated carbocycles. The number of nitrogens with one attached hydrogen (secondary N) is 2. The molecule has 4 rings (SSSR count). The van der Waals surface area contributed by atoms with Gasteiger partial charge in [-0.3, -0.25) is 29.2 Å². The van der Waals surface area contributed by atoms with Crippen LogP contribution in [-0.2, 0) is 21.4 Å². The lowest BCUT2D eigenvalue weighted by atomic mass is 10.2. The molecule has 2 heterocycles. The maximum Gasteiger partial charge on any atom is 0.420 e. The number of sulfonamides is 1. The second-order valence-electron chi connectivity index (χ2n) is 7.68. The molecule has 178 valence electrons. The SMILES string of the molecule is O=C(Cn1c(=O)oc2cc([N+](=O)[O-])ccc21)Nc1ccc(S(=O)(=O)NC2=NCCCCC2)cc1. The van der Waals surface area contributed by atoms with Gasteiger partial charge in [0.25, 0.3) is 15.7 Å². The van der Waals surface area contributed by atoms with E-state index in [-0.39, 0.29) is 21.7 Å². The highest BCUT2D eigenvalue weighted by Gasteiger charge is 2.19. The summed E-state index contributed by atoms with van der Waals surface area (Å²) >= 11 is 0. The van der Waals surface area contributed by atoms with E-state index in [0.29, 0.717) is 24.5 Å². The van der Waals surface area contributed by atoms with Crippen LogP contribution in [0.25, 0.3) is 11.1 Å². The van der Waals surface area contributed by atoms with Gasteiger partial charge in [0, 0.05) is 24.7 Å². The van der Waals surface area contributed by atoms with Crippen LogP contribution in [0.4, 0.5) is 11.4 Å². The smallest absolute Gasteiger partial charge is 0.407 e. The number of nitrogens with zero attached hydrogens (tertiary/aromatic N) is 3. The van der Waals surface area contributed by atoms with Crippen molar-refractivity contribution in [3.05, 3.63) is 63.1 Å². The van der Waals surface area contributed by atoms with E-state index in [1.165, 1.54) is 36.4 Å². The number of benzene rings is 2. The first-order chi connectivity index (χ1) is 16.2. The third-order valence-corrected chi connectivity index (χ3v) is 6.64. The molecule has 0 spiro atoms. The van der Waals surface area contributed by atoms with Crippen molar-refractivity contribution >= 4 is 44.2 Å². The number of fused-ring (bicyclic) bond motifs is 1. The van der Waals surface area contributed by atoms with Crippen LogP contribution >= 0.6 is 0 Å². The van der Waals surface area contributed by atoms with E-state index in [2.05, 4.69) is 15.0 Å². The van der Waals surface area contributed by atoms with E-state index in [9.17, 15) is 28.1 Å². The predicted octanol–water partition coefficient (Wildman–Crippen LogP) is 2.39. The van der Waals surface area contributed by atoms with Gasteiger partial charge in [0.05, 0.1) is 21.4 Å². The summed E-state index contributed by atoms with van der Waals surface area (Å²) in [6, 6.07) is 9.22. The molecule has 34 heavy (non-hydrogen) atoms. The Bertz CT molecular complexity index is 1440. The van der Waals surface area contributed by atoms with Crippen molar-refractivity contribution in [1.29, 1.82) is 0 Å². The van der Waals surface area contributed by atoms with Crippen LogP contribution in [-0.4, -0.2) is 36.2 Å². The lowest BCUT2D eigenvalue weighted by Crippen LogP contribution is -2.30. The van der Waals surface area contributed by atoms with Crippen molar-refractivity contribution in [2.75, 3.05) is 11.9 Å². The van der Waals surface area contributed by atoms with Crippen molar-refractivity contribution in [1.82, 2.24) is 9.29 Å². The van der Waals surface area contributed by atoms with Gasteiger partial charge >= 0.3 is 5.76 Å². The zero-order valence-electron chi connectivity index (χ0n) is 17.9. The number of amides is 1. The van der Waals surface area contributed by atoms with Crippen LogP contribution in [0.15, 0.2) is 61.6 Å². The summed E-state index contributed by atoms with van der Waals surface area (Å²) in [6.45, 7) is 0.194. The fourth-order valence-corrected chi connectivity index (χ4v) is 4.64. The van der Waals surface area contributed by atoms with Crippen molar-refractivity contribution in [3.63, 3.8) is 0 Å². The number of carbonyl (C=O) groups is 1. The van der Waals surface area contributed by atoms with Gasteiger partial charge in [0.2, 0.25) is 5.91 Å². The van der Waals surface area contributed by atoms with E-state index < -0.39 is 33.2 Å². The first-order valence-corrected chi connectivity index (χ1v) is 11.9. The van der Waals surface area contributed by atoms with E-state index >= 15 is 0 Å². The number of non-ortho nitro benzene ring substituents is 1. The van der Waals surface area contributed by atoms with Gasteiger partial charge in [-0.05, 0) is 43.2 Å². The molecule has 1 aliphatic rings. The van der Waals surface area contributed by atoms with Gasteiger partial charge in [0.1, 0.15) is 12.4 Å². The van der Waals surface area contributed by atoms with Gasteiger partial charge in [-0.15, -0.1) is 0 Å². The number of amidine groups is 1. The highest BCUT2D eigenvalue weighted by Crippen LogP contribution is 2.20. The number of aromatic nitrogens is 1. The molecule has 1 aromatic heterocycles. The zero-order chi connectivity index (χ0) is 24.3. The molecule has 0 saturated heterocycles. The Morgan fingerprint density at radius 3 is 2.65 bits per heavy atom. The van der Waals surface area contributed by atoms with Gasteiger partial charge in [-0.2, -0.15) is 0 Å². The van der Waals surface area contributed by atoms with Crippen LogP contribution in [0.1, 0.15) is 25.7 Å². The monoisotopic (exact) mass is 487 g/mol. The number of nitro groups is 1. The van der Waals surface area contributed by atoms with Gasteiger partial charge in [0.15, 0.2) is 5.58 Å². The average Bonchev–Trinajstić information content (AvgIpc) is 2.93. The number of hydrogen-bond donors (Lipinski definition) is 2. The number of anilines is 1. The number of aliphatic imine (C=N–C) groups is 1. The molecular weight excluding hydrogens is 466 g/mol. The van der Waals surface area contributed by atoms with E-state index in [1.807, 2.05) is 0 Å². The van der Waals surface area contributed by atoms with Gasteiger partial charge in [-0.1, -0.05) is 6.42 Å². The van der Waals surface area contributed by atoms with Crippen LogP contribution in [0.5, 0.6) is 0 Å².